The number of amides is 2. The first-order valence-corrected chi connectivity index (χ1v) is 9.86. The van der Waals surface area contributed by atoms with Crippen molar-refractivity contribution >= 4 is 17.5 Å². The van der Waals surface area contributed by atoms with Crippen LogP contribution in [0.4, 0.5) is 5.69 Å². The Morgan fingerprint density at radius 3 is 2.52 bits per heavy atom. The van der Waals surface area contributed by atoms with Crippen molar-refractivity contribution in [3.63, 3.8) is 0 Å². The largest absolute Gasteiger partial charge is 0.459 e. The second kappa shape index (κ2) is 8.42. The van der Waals surface area contributed by atoms with E-state index in [1.54, 1.807) is 29.3 Å². The Morgan fingerprint density at radius 1 is 1.19 bits per heavy atom. The number of aryl methyl sites for hydroxylation is 1. The maximum atomic E-state index is 12.8. The number of nitrogens with zero attached hydrogens (tertiary/aromatic N) is 4. The van der Waals surface area contributed by atoms with Crippen LogP contribution in [0, 0.1) is 17.0 Å². The number of furan rings is 1. The molecule has 0 bridgehead atoms. The van der Waals surface area contributed by atoms with E-state index < -0.39 is 4.92 Å². The zero-order valence-electron chi connectivity index (χ0n) is 16.9. The first kappa shape index (κ1) is 20.3. The van der Waals surface area contributed by atoms with Gasteiger partial charge >= 0.3 is 0 Å². The molecule has 0 saturated carbocycles. The van der Waals surface area contributed by atoms with Gasteiger partial charge in [0.15, 0.2) is 5.76 Å². The molecule has 1 aliphatic rings. The third kappa shape index (κ3) is 4.32. The number of aromatic nitrogens is 2. The predicted octanol–water partition coefficient (Wildman–Crippen LogP) is 2.72. The monoisotopic (exact) mass is 423 g/mol. The summed E-state index contributed by atoms with van der Waals surface area (Å²) in [6.07, 6.45) is 5.87. The van der Waals surface area contributed by atoms with Crippen LogP contribution in [-0.2, 0) is 0 Å². The summed E-state index contributed by atoms with van der Waals surface area (Å²) < 4.78 is 6.73. The smallest absolute Gasteiger partial charge is 0.287 e. The summed E-state index contributed by atoms with van der Waals surface area (Å²) in [5, 5.41) is 17.9. The number of benzene rings is 1. The van der Waals surface area contributed by atoms with Gasteiger partial charge in [0.1, 0.15) is 0 Å². The molecule has 10 nitrogen and oxygen atoms in total. The minimum Gasteiger partial charge on any atom is -0.459 e. The lowest BCUT2D eigenvalue weighted by molar-refractivity contribution is -0.384. The second-order valence-corrected chi connectivity index (χ2v) is 7.42. The number of likely N-dealkylation sites (tertiary alicyclic amines) is 1. The SMILES string of the molecule is Cc1ccoc1C(=O)NC1CCN(C(=O)c2cnn(-c3ccc([N+](=O)[O-])cc3)c2)CC1. The Morgan fingerprint density at radius 2 is 1.90 bits per heavy atom. The molecule has 2 amide bonds. The lowest BCUT2D eigenvalue weighted by Crippen LogP contribution is -2.46. The molecule has 0 unspecified atom stereocenters. The molecule has 1 aromatic carbocycles. The van der Waals surface area contributed by atoms with Crippen LogP contribution in [0.25, 0.3) is 5.69 Å². The highest BCUT2D eigenvalue weighted by molar-refractivity contribution is 5.94. The fraction of sp³-hybridized carbons (Fsp3) is 0.286. The van der Waals surface area contributed by atoms with Crippen LogP contribution in [-0.4, -0.2) is 50.5 Å². The van der Waals surface area contributed by atoms with Gasteiger partial charge in [-0.2, -0.15) is 5.10 Å². The number of hydrogen-bond acceptors (Lipinski definition) is 6. The molecule has 4 rings (SSSR count). The maximum absolute atomic E-state index is 12.8. The fourth-order valence-corrected chi connectivity index (χ4v) is 3.57. The molecule has 1 fully saturated rings. The zero-order chi connectivity index (χ0) is 22.0. The third-order valence-electron chi connectivity index (χ3n) is 5.34. The third-order valence-corrected chi connectivity index (χ3v) is 5.34. The molecule has 0 radical (unpaired) electrons. The van der Waals surface area contributed by atoms with E-state index in [4.69, 9.17) is 4.42 Å². The highest BCUT2D eigenvalue weighted by Crippen LogP contribution is 2.18. The van der Waals surface area contributed by atoms with Crippen LogP contribution >= 0.6 is 0 Å². The second-order valence-electron chi connectivity index (χ2n) is 7.42. The van der Waals surface area contributed by atoms with Crippen molar-refractivity contribution in [1.29, 1.82) is 0 Å². The molecule has 1 aliphatic heterocycles. The molecule has 0 atom stereocenters. The molecule has 160 valence electrons. The summed E-state index contributed by atoms with van der Waals surface area (Å²) in [6, 6.07) is 7.66. The molecule has 1 N–H and O–H groups in total. The quantitative estimate of drug-likeness (QED) is 0.497. The molecule has 2 aromatic heterocycles. The first-order valence-electron chi connectivity index (χ1n) is 9.86. The average Bonchev–Trinajstić information content (AvgIpc) is 3.43. The minimum atomic E-state index is -0.469. The number of nitro benzene ring substituents is 1. The summed E-state index contributed by atoms with van der Waals surface area (Å²) in [6.45, 7) is 2.85. The number of piperidine rings is 1. The van der Waals surface area contributed by atoms with Crippen LogP contribution in [0.2, 0.25) is 0 Å². The van der Waals surface area contributed by atoms with Crippen LogP contribution in [0.1, 0.15) is 39.3 Å². The van der Waals surface area contributed by atoms with E-state index >= 15 is 0 Å². The van der Waals surface area contributed by atoms with Crippen LogP contribution < -0.4 is 5.32 Å². The van der Waals surface area contributed by atoms with E-state index in [2.05, 4.69) is 10.4 Å². The number of hydrogen-bond donors (Lipinski definition) is 1. The molecule has 1 saturated heterocycles. The summed E-state index contributed by atoms with van der Waals surface area (Å²) in [5.74, 6) is -0.0615. The summed E-state index contributed by atoms with van der Waals surface area (Å²) in [4.78, 5) is 37.2. The zero-order valence-corrected chi connectivity index (χ0v) is 16.9. The number of nitrogens with one attached hydrogen (secondary N) is 1. The Bertz CT molecular complexity index is 1110. The van der Waals surface area contributed by atoms with Gasteiger partial charge < -0.3 is 14.6 Å². The van der Waals surface area contributed by atoms with Gasteiger partial charge in [0.2, 0.25) is 0 Å². The van der Waals surface area contributed by atoms with Gasteiger partial charge in [0.25, 0.3) is 17.5 Å². The van der Waals surface area contributed by atoms with Crippen molar-refractivity contribution in [2.45, 2.75) is 25.8 Å². The van der Waals surface area contributed by atoms with Gasteiger partial charge in [-0.1, -0.05) is 0 Å². The van der Waals surface area contributed by atoms with Crippen molar-refractivity contribution in [1.82, 2.24) is 20.0 Å². The summed E-state index contributed by atoms with van der Waals surface area (Å²) in [5.41, 5.74) is 1.84. The van der Waals surface area contributed by atoms with Gasteiger partial charge in [0, 0.05) is 43.0 Å². The van der Waals surface area contributed by atoms with E-state index in [0.29, 0.717) is 42.9 Å². The molecular formula is C21H21N5O5. The van der Waals surface area contributed by atoms with Gasteiger partial charge in [-0.25, -0.2) is 4.68 Å². The summed E-state index contributed by atoms with van der Waals surface area (Å²) in [7, 11) is 0. The van der Waals surface area contributed by atoms with Crippen molar-refractivity contribution in [2.24, 2.45) is 0 Å². The van der Waals surface area contributed by atoms with E-state index in [9.17, 15) is 19.7 Å². The van der Waals surface area contributed by atoms with Gasteiger partial charge in [-0.3, -0.25) is 19.7 Å². The normalized spacial score (nSPS) is 14.4. The highest BCUT2D eigenvalue weighted by atomic mass is 16.6. The first-order chi connectivity index (χ1) is 14.9. The van der Waals surface area contributed by atoms with Crippen molar-refractivity contribution in [2.75, 3.05) is 13.1 Å². The number of carbonyl (C=O) groups excluding carboxylic acids is 2. The van der Waals surface area contributed by atoms with Crippen molar-refractivity contribution in [3.8, 4) is 5.69 Å². The summed E-state index contributed by atoms with van der Waals surface area (Å²) >= 11 is 0. The molecule has 0 spiro atoms. The molecule has 3 aromatic rings. The van der Waals surface area contributed by atoms with Crippen LogP contribution in [0.3, 0.4) is 0 Å². The highest BCUT2D eigenvalue weighted by Gasteiger charge is 2.26. The van der Waals surface area contributed by atoms with E-state index in [1.807, 2.05) is 6.92 Å². The molecule has 10 heteroatoms. The van der Waals surface area contributed by atoms with E-state index in [-0.39, 0.29) is 23.5 Å². The number of nitro groups is 1. The van der Waals surface area contributed by atoms with E-state index in [0.717, 1.165) is 5.56 Å². The average molecular weight is 423 g/mol. The van der Waals surface area contributed by atoms with Gasteiger partial charge in [-0.05, 0) is 38.0 Å². The van der Waals surface area contributed by atoms with Crippen molar-refractivity contribution in [3.05, 3.63) is 76.0 Å². The Kier molecular flexibility index (Phi) is 5.52. The fourth-order valence-electron chi connectivity index (χ4n) is 3.57. The maximum Gasteiger partial charge on any atom is 0.287 e. The Labute approximate surface area is 177 Å². The van der Waals surface area contributed by atoms with Gasteiger partial charge in [-0.15, -0.1) is 0 Å². The van der Waals surface area contributed by atoms with E-state index in [1.165, 1.54) is 29.3 Å². The Balaban J connectivity index is 1.34. The van der Waals surface area contributed by atoms with Crippen molar-refractivity contribution < 1.29 is 18.9 Å². The number of rotatable bonds is 5. The minimum absolute atomic E-state index is 0.00984. The molecule has 31 heavy (non-hydrogen) atoms. The molecule has 3 heterocycles. The topological polar surface area (TPSA) is 124 Å². The van der Waals surface area contributed by atoms with Crippen LogP contribution in [0.15, 0.2) is 53.4 Å². The Hall–Kier alpha value is -3.95. The molecular weight excluding hydrogens is 402 g/mol. The number of non-ortho nitro benzene ring substituents is 1. The lowest BCUT2D eigenvalue weighted by Gasteiger charge is -2.32. The number of carbonyl (C=O) groups is 2. The van der Waals surface area contributed by atoms with Gasteiger partial charge in [0.05, 0.1) is 28.6 Å². The molecule has 0 aliphatic carbocycles. The predicted molar refractivity (Wildman–Crippen MR) is 110 cm³/mol. The van der Waals surface area contributed by atoms with Crippen LogP contribution in [0.5, 0.6) is 0 Å². The standard InChI is InChI=1S/C21H21N5O5/c1-14-8-11-31-19(14)20(27)23-16-6-9-24(10-7-16)21(28)15-12-22-25(13-15)17-2-4-18(5-3-17)26(29)30/h2-5,8,11-13,16H,6-7,9-10H2,1H3,(H,23,27). The lowest BCUT2D eigenvalue weighted by atomic mass is 10.0.